The van der Waals surface area contributed by atoms with Gasteiger partial charge in [0.25, 0.3) is 0 Å². The molecule has 0 amide bonds. The molecule has 2 heterocycles. The quantitative estimate of drug-likeness (QED) is 0.887. The summed E-state index contributed by atoms with van der Waals surface area (Å²) >= 11 is 0. The van der Waals surface area contributed by atoms with Gasteiger partial charge in [0.05, 0.1) is 18.2 Å². The van der Waals surface area contributed by atoms with E-state index in [0.29, 0.717) is 19.0 Å². The van der Waals surface area contributed by atoms with Gasteiger partial charge in [-0.25, -0.2) is 4.68 Å². The number of benzene rings is 1. The molecule has 1 aromatic carbocycles. The molecular weight excluding hydrogens is 302 g/mol. The molecule has 1 fully saturated rings. The molecule has 0 bridgehead atoms. The molecule has 1 N–H and O–H groups in total. The van der Waals surface area contributed by atoms with Crippen molar-refractivity contribution in [3.63, 3.8) is 0 Å². The summed E-state index contributed by atoms with van der Waals surface area (Å²) in [6, 6.07) is 12.6. The van der Waals surface area contributed by atoms with Crippen molar-refractivity contribution in [1.82, 2.24) is 9.78 Å². The third-order valence-corrected chi connectivity index (χ3v) is 5.02. The van der Waals surface area contributed by atoms with E-state index in [1.54, 1.807) is 0 Å². The van der Waals surface area contributed by atoms with Gasteiger partial charge >= 0.3 is 5.97 Å². The second kappa shape index (κ2) is 6.30. The van der Waals surface area contributed by atoms with Crippen LogP contribution in [-0.2, 0) is 17.8 Å². The molecular formula is C19H23N3O2. The molecule has 2 aliphatic rings. The average Bonchev–Trinajstić information content (AvgIpc) is 3.34. The second-order valence-electron chi connectivity index (χ2n) is 6.95. The van der Waals surface area contributed by atoms with Crippen molar-refractivity contribution in [1.29, 1.82) is 0 Å². The third-order valence-electron chi connectivity index (χ3n) is 5.02. The summed E-state index contributed by atoms with van der Waals surface area (Å²) in [6.45, 7) is 1.95. The Kier molecular flexibility index (Phi) is 4.00. The van der Waals surface area contributed by atoms with E-state index in [1.807, 2.05) is 10.7 Å². The van der Waals surface area contributed by atoms with E-state index >= 15 is 0 Å². The van der Waals surface area contributed by atoms with Gasteiger partial charge in [0.1, 0.15) is 5.82 Å². The number of rotatable bonds is 6. The molecule has 1 aromatic heterocycles. The number of carbonyl (C=O) groups is 1. The molecule has 4 rings (SSSR count). The lowest BCUT2D eigenvalue weighted by Gasteiger charge is -2.33. The maximum absolute atomic E-state index is 11.5. The molecule has 2 aromatic rings. The van der Waals surface area contributed by atoms with E-state index in [2.05, 4.69) is 40.3 Å². The number of hydrogen-bond acceptors (Lipinski definition) is 3. The monoisotopic (exact) mass is 325 g/mol. The predicted octanol–water partition coefficient (Wildman–Crippen LogP) is 2.91. The average molecular weight is 325 g/mol. The minimum Gasteiger partial charge on any atom is -0.481 e. The smallest absolute Gasteiger partial charge is 0.310 e. The third kappa shape index (κ3) is 3.16. The Morgan fingerprint density at radius 2 is 2.00 bits per heavy atom. The van der Waals surface area contributed by atoms with Crippen LogP contribution in [0.3, 0.4) is 0 Å². The van der Waals surface area contributed by atoms with Gasteiger partial charge in [0.15, 0.2) is 0 Å². The van der Waals surface area contributed by atoms with Crippen LogP contribution in [-0.4, -0.2) is 33.9 Å². The Morgan fingerprint density at radius 3 is 2.71 bits per heavy atom. The van der Waals surface area contributed by atoms with Crippen molar-refractivity contribution in [3.8, 4) is 0 Å². The first-order chi connectivity index (χ1) is 11.7. The van der Waals surface area contributed by atoms with Crippen molar-refractivity contribution in [2.75, 3.05) is 18.0 Å². The molecule has 5 nitrogen and oxygen atoms in total. The lowest BCUT2D eigenvalue weighted by molar-refractivity contribution is -0.142. The van der Waals surface area contributed by atoms with E-state index in [0.717, 1.165) is 30.9 Å². The van der Waals surface area contributed by atoms with Gasteiger partial charge in [-0.15, -0.1) is 0 Å². The number of carboxylic acid groups (broad SMARTS) is 1. The van der Waals surface area contributed by atoms with Crippen LogP contribution >= 0.6 is 0 Å². The van der Waals surface area contributed by atoms with Crippen LogP contribution in [0, 0.1) is 5.92 Å². The normalized spacial score (nSPS) is 20.0. The fourth-order valence-corrected chi connectivity index (χ4v) is 3.50. The number of aromatic nitrogens is 2. The first kappa shape index (κ1) is 15.2. The predicted molar refractivity (Wildman–Crippen MR) is 92.3 cm³/mol. The number of hydrogen-bond donors (Lipinski definition) is 1. The van der Waals surface area contributed by atoms with Gasteiger partial charge in [-0.05, 0) is 31.2 Å². The standard InChI is InChI=1S/C19H23N3O2/c23-19(24)16-12-21(10-4-7-14-5-2-1-3-6-14)18-11-17(15-8-9-15)20-22(18)13-16/h1-3,5-6,11,15-16H,4,7-10,12-13H2,(H,23,24). The fraction of sp³-hybridized carbons (Fsp3) is 0.474. The highest BCUT2D eigenvalue weighted by Crippen LogP contribution is 2.41. The van der Waals surface area contributed by atoms with Crippen molar-refractivity contribution < 1.29 is 9.90 Å². The summed E-state index contributed by atoms with van der Waals surface area (Å²) < 4.78 is 1.92. The van der Waals surface area contributed by atoms with E-state index in [4.69, 9.17) is 0 Å². The van der Waals surface area contributed by atoms with Crippen LogP contribution in [0.25, 0.3) is 0 Å². The van der Waals surface area contributed by atoms with E-state index in [1.165, 1.54) is 18.4 Å². The Balaban J connectivity index is 1.47. The molecule has 0 saturated heterocycles. The molecule has 1 atom stereocenters. The van der Waals surface area contributed by atoms with Crippen LogP contribution < -0.4 is 4.90 Å². The van der Waals surface area contributed by atoms with E-state index < -0.39 is 5.97 Å². The Hall–Kier alpha value is -2.30. The molecule has 1 saturated carbocycles. The van der Waals surface area contributed by atoms with E-state index in [9.17, 15) is 9.90 Å². The zero-order valence-electron chi connectivity index (χ0n) is 13.8. The number of anilines is 1. The largest absolute Gasteiger partial charge is 0.481 e. The van der Waals surface area contributed by atoms with Gasteiger partial charge in [0.2, 0.25) is 0 Å². The van der Waals surface area contributed by atoms with Gasteiger partial charge < -0.3 is 10.0 Å². The van der Waals surface area contributed by atoms with Crippen LogP contribution in [0.1, 0.15) is 36.4 Å². The van der Waals surface area contributed by atoms with E-state index in [-0.39, 0.29) is 5.92 Å². The molecule has 1 unspecified atom stereocenters. The second-order valence-corrected chi connectivity index (χ2v) is 6.95. The topological polar surface area (TPSA) is 58.4 Å². The fourth-order valence-electron chi connectivity index (χ4n) is 3.50. The number of nitrogens with zero attached hydrogens (tertiary/aromatic N) is 3. The molecule has 0 spiro atoms. The van der Waals surface area contributed by atoms with Crippen LogP contribution in [0.15, 0.2) is 36.4 Å². The summed E-state index contributed by atoms with van der Waals surface area (Å²) in [6.07, 6.45) is 4.46. The molecule has 0 radical (unpaired) electrons. The minimum atomic E-state index is -0.725. The Bertz CT molecular complexity index is 721. The zero-order chi connectivity index (χ0) is 16.5. The highest BCUT2D eigenvalue weighted by Gasteiger charge is 2.33. The molecule has 126 valence electrons. The van der Waals surface area contributed by atoms with Gasteiger partial charge in [-0.2, -0.15) is 5.10 Å². The summed E-state index contributed by atoms with van der Waals surface area (Å²) in [4.78, 5) is 13.7. The minimum absolute atomic E-state index is 0.374. The lowest BCUT2D eigenvalue weighted by atomic mass is 10.1. The van der Waals surface area contributed by atoms with Crippen molar-refractivity contribution in [2.24, 2.45) is 5.92 Å². The molecule has 24 heavy (non-hydrogen) atoms. The SMILES string of the molecule is O=C(O)C1CN(CCCc2ccccc2)c2cc(C3CC3)nn2C1. The highest BCUT2D eigenvalue weighted by molar-refractivity contribution is 5.71. The molecule has 1 aliphatic heterocycles. The summed E-state index contributed by atoms with van der Waals surface area (Å²) in [5, 5.41) is 14.1. The molecule has 5 heteroatoms. The summed E-state index contributed by atoms with van der Waals surface area (Å²) in [7, 11) is 0. The summed E-state index contributed by atoms with van der Waals surface area (Å²) in [5.74, 6) is 0.596. The summed E-state index contributed by atoms with van der Waals surface area (Å²) in [5.41, 5.74) is 2.47. The lowest BCUT2D eigenvalue weighted by Crippen LogP contribution is -2.42. The first-order valence-corrected chi connectivity index (χ1v) is 8.80. The van der Waals surface area contributed by atoms with Crippen molar-refractivity contribution >= 4 is 11.8 Å². The van der Waals surface area contributed by atoms with Crippen molar-refractivity contribution in [3.05, 3.63) is 47.7 Å². The maximum Gasteiger partial charge on any atom is 0.310 e. The van der Waals surface area contributed by atoms with Gasteiger partial charge in [-0.1, -0.05) is 30.3 Å². The first-order valence-electron chi connectivity index (χ1n) is 8.80. The zero-order valence-corrected chi connectivity index (χ0v) is 13.8. The molecule has 1 aliphatic carbocycles. The Labute approximate surface area is 141 Å². The van der Waals surface area contributed by atoms with Crippen LogP contribution in [0.5, 0.6) is 0 Å². The number of fused-ring (bicyclic) bond motifs is 1. The van der Waals surface area contributed by atoms with Crippen molar-refractivity contribution in [2.45, 2.75) is 38.1 Å². The van der Waals surface area contributed by atoms with Crippen LogP contribution in [0.4, 0.5) is 5.82 Å². The Morgan fingerprint density at radius 1 is 1.21 bits per heavy atom. The maximum atomic E-state index is 11.5. The number of carboxylic acids is 1. The van der Waals surface area contributed by atoms with Crippen LogP contribution in [0.2, 0.25) is 0 Å². The van der Waals surface area contributed by atoms with Gasteiger partial charge in [0, 0.05) is 25.1 Å². The highest BCUT2D eigenvalue weighted by atomic mass is 16.4. The van der Waals surface area contributed by atoms with Gasteiger partial charge in [-0.3, -0.25) is 4.79 Å². The number of aliphatic carboxylic acids is 1. The number of aryl methyl sites for hydroxylation is 1.